The van der Waals surface area contributed by atoms with Crippen molar-refractivity contribution in [3.05, 3.63) is 461 Å². The first-order chi connectivity index (χ1) is 69.4. The lowest BCUT2D eigenvalue weighted by Crippen LogP contribution is -1.92. The maximum atomic E-state index is 6.57. The van der Waals surface area contributed by atoms with Crippen LogP contribution in [0.2, 0.25) is 0 Å². The first-order valence-electron chi connectivity index (χ1n) is 47.1. The van der Waals surface area contributed by atoms with Gasteiger partial charge in [0.05, 0.1) is 22.1 Å². The standard InChI is InChI=1S/4C32H19NO2/c1-2-9-21(10-3-1)33-27-15-6-4-12-25(27)32-30(33)26-19-20(17-18-29(26)35-32)22-13-8-14-24-23-11-5-7-16-28(23)34-31(22)24;1-2-9-21(10-3-1)33-26-14-6-4-11-23(26)32-31(33)25-18-17-20(19-29(25)35-32)22-13-8-16-28-30(22)24-12-5-7-15-27(24)34-28;1-2-8-22(9-3-1)33-27-12-6-4-11-25(27)32-31(33)26-18-20(15-17-29(26)35-32)21-14-16-24-23-10-5-7-13-28(23)34-30(24)19-21;1-2-8-22(9-3-1)33-27-12-6-4-11-24(27)32-31(33)25-16-14-21(19-30(25)35-32)20-15-17-29-26(18-20)23-10-5-7-13-28(23)34-29/h4*1-19H. The summed E-state index contributed by atoms with van der Waals surface area (Å²) in [7, 11) is 0. The van der Waals surface area contributed by atoms with Crippen LogP contribution in [-0.4, -0.2) is 18.3 Å². The normalized spacial score (nSPS) is 12.0. The Morgan fingerprint density at radius 3 is 0.864 bits per heavy atom. The number of fused-ring (bicyclic) bond motifs is 32. The smallest absolute Gasteiger partial charge is 0.161 e. The van der Waals surface area contributed by atoms with Crippen LogP contribution in [0.25, 0.3) is 287 Å². The third-order valence-electron chi connectivity index (χ3n) is 28.0. The van der Waals surface area contributed by atoms with Crippen LogP contribution >= 0.6 is 0 Å². The van der Waals surface area contributed by atoms with Gasteiger partial charge in [-0.25, -0.2) is 0 Å². The molecule has 12 aromatic heterocycles. The molecule has 0 radical (unpaired) electrons. The van der Waals surface area contributed by atoms with Gasteiger partial charge in [-0.1, -0.05) is 261 Å². The zero-order valence-corrected chi connectivity index (χ0v) is 74.9. The van der Waals surface area contributed by atoms with Gasteiger partial charge in [0.25, 0.3) is 0 Å². The van der Waals surface area contributed by atoms with Crippen molar-refractivity contribution in [1.82, 2.24) is 18.3 Å². The predicted octanol–water partition coefficient (Wildman–Crippen LogP) is 36.4. The van der Waals surface area contributed by atoms with Crippen molar-refractivity contribution in [2.24, 2.45) is 0 Å². The summed E-state index contributed by atoms with van der Waals surface area (Å²) in [6.07, 6.45) is 0. The van der Waals surface area contributed by atoms with E-state index in [4.69, 9.17) is 35.3 Å². The van der Waals surface area contributed by atoms with Crippen molar-refractivity contribution in [1.29, 1.82) is 0 Å². The fourth-order valence-electron chi connectivity index (χ4n) is 21.8. The molecule has 140 heavy (non-hydrogen) atoms. The highest BCUT2D eigenvalue weighted by Crippen LogP contribution is 2.49. The van der Waals surface area contributed by atoms with E-state index in [0.717, 1.165) is 287 Å². The molecule has 0 saturated heterocycles. The summed E-state index contributed by atoms with van der Waals surface area (Å²) < 4.78 is 59.8. The fraction of sp³-hybridized carbons (Fsp3) is 0. The summed E-state index contributed by atoms with van der Waals surface area (Å²) in [6, 6.07) is 160. The van der Waals surface area contributed by atoms with E-state index in [9.17, 15) is 0 Å². The largest absolute Gasteiger partial charge is 0.456 e. The molecule has 0 aliphatic carbocycles. The van der Waals surface area contributed by atoms with Gasteiger partial charge in [0.15, 0.2) is 22.3 Å². The highest BCUT2D eigenvalue weighted by molar-refractivity contribution is 6.23. The Balaban J connectivity index is 0.0000000896. The lowest BCUT2D eigenvalue weighted by Gasteiger charge is -2.08. The van der Waals surface area contributed by atoms with Gasteiger partial charge in [-0.15, -0.1) is 0 Å². The lowest BCUT2D eigenvalue weighted by molar-refractivity contribution is 0.668. The Morgan fingerprint density at radius 1 is 0.129 bits per heavy atom. The van der Waals surface area contributed by atoms with E-state index in [-0.39, 0.29) is 0 Å². The van der Waals surface area contributed by atoms with Crippen molar-refractivity contribution in [2.75, 3.05) is 0 Å². The molecular formula is C128H76N4O8. The first-order valence-corrected chi connectivity index (χ1v) is 47.1. The van der Waals surface area contributed by atoms with Crippen molar-refractivity contribution in [3.8, 4) is 67.3 Å². The summed E-state index contributed by atoms with van der Waals surface area (Å²) in [6.45, 7) is 0. The van der Waals surface area contributed by atoms with Gasteiger partial charge in [-0.05, 0) is 239 Å². The van der Waals surface area contributed by atoms with Crippen LogP contribution in [0.5, 0.6) is 0 Å². The quantitative estimate of drug-likeness (QED) is 0.147. The minimum absolute atomic E-state index is 0.881. The van der Waals surface area contributed by atoms with Crippen LogP contribution in [0.15, 0.2) is 496 Å². The average molecular weight is 1800 g/mol. The summed E-state index contributed by atoms with van der Waals surface area (Å²) >= 11 is 0. The van der Waals surface area contributed by atoms with Crippen LogP contribution in [0.1, 0.15) is 0 Å². The molecule has 0 saturated carbocycles. The molecule has 656 valence electrons. The lowest BCUT2D eigenvalue weighted by atomic mass is 9.99. The van der Waals surface area contributed by atoms with E-state index >= 15 is 0 Å². The first kappa shape index (κ1) is 78.4. The molecule has 0 bridgehead atoms. The molecule has 32 aromatic rings. The number of hydrogen-bond acceptors (Lipinski definition) is 8. The Kier molecular flexibility index (Phi) is 17.5. The third kappa shape index (κ3) is 12.3. The number of hydrogen-bond donors (Lipinski definition) is 0. The second-order valence-corrected chi connectivity index (χ2v) is 35.9. The second kappa shape index (κ2) is 31.3. The van der Waals surface area contributed by atoms with Gasteiger partial charge < -0.3 is 53.6 Å². The molecule has 0 aliphatic rings. The molecule has 0 amide bonds. The minimum Gasteiger partial charge on any atom is -0.456 e. The highest BCUT2D eigenvalue weighted by Gasteiger charge is 2.28. The highest BCUT2D eigenvalue weighted by atomic mass is 16.4. The molecule has 12 heteroatoms. The molecule has 0 spiro atoms. The van der Waals surface area contributed by atoms with E-state index in [1.807, 2.05) is 78.9 Å². The molecule has 0 atom stereocenters. The van der Waals surface area contributed by atoms with E-state index < -0.39 is 0 Å². The topological polar surface area (TPSA) is 125 Å². The molecule has 0 fully saturated rings. The summed E-state index contributed by atoms with van der Waals surface area (Å²) in [5.74, 6) is 0. The number of furan rings is 8. The van der Waals surface area contributed by atoms with Gasteiger partial charge in [0, 0.05) is 114 Å². The Hall–Kier alpha value is -19.0. The van der Waals surface area contributed by atoms with Crippen LogP contribution in [0.4, 0.5) is 0 Å². The molecular weight excluding hydrogens is 1720 g/mol. The number of aromatic nitrogens is 4. The minimum atomic E-state index is 0.881. The summed E-state index contributed by atoms with van der Waals surface area (Å²) in [5.41, 5.74) is 36.9. The van der Waals surface area contributed by atoms with Crippen molar-refractivity contribution in [3.63, 3.8) is 0 Å². The number of rotatable bonds is 8. The molecule has 12 heterocycles. The summed E-state index contributed by atoms with van der Waals surface area (Å²) in [5, 5.41) is 18.0. The van der Waals surface area contributed by atoms with Crippen LogP contribution in [0.3, 0.4) is 0 Å². The molecule has 32 rings (SSSR count). The zero-order valence-electron chi connectivity index (χ0n) is 74.9. The number of para-hydroxylation sites is 13. The molecule has 0 unspecified atom stereocenters. The Morgan fingerprint density at radius 2 is 0.386 bits per heavy atom. The molecule has 20 aromatic carbocycles. The van der Waals surface area contributed by atoms with Gasteiger partial charge in [-0.2, -0.15) is 0 Å². The maximum Gasteiger partial charge on any atom is 0.161 e. The van der Waals surface area contributed by atoms with Gasteiger partial charge in [0.2, 0.25) is 0 Å². The number of nitrogens with zero attached hydrogens (tertiary/aromatic N) is 4. The average Bonchev–Trinajstić information content (AvgIpc) is 1.57. The maximum absolute atomic E-state index is 6.57. The van der Waals surface area contributed by atoms with E-state index in [0.29, 0.717) is 0 Å². The van der Waals surface area contributed by atoms with Crippen LogP contribution in [-0.2, 0) is 0 Å². The SMILES string of the molecule is c1ccc(-n2c3ccccc3c3oc4cc(-c5ccc6oc7ccccc7c6c5)ccc4c32)cc1.c1ccc(-n2c3ccccc3c3oc4cc(-c5cccc6oc7ccccc7c56)ccc4c32)cc1.c1ccc(-n2c3ccccc3c3oc4ccc(-c5ccc6c(c5)oc5ccccc56)cc4c32)cc1.c1ccc(-n2c3ccccc3c3oc4ccc(-c5cccc6c5oc5ccccc56)cc4c32)cc1. The molecule has 12 nitrogen and oxygen atoms in total. The predicted molar refractivity (Wildman–Crippen MR) is 573 cm³/mol. The number of benzene rings is 20. The fourth-order valence-corrected chi connectivity index (χ4v) is 21.8. The van der Waals surface area contributed by atoms with E-state index in [1.165, 1.54) is 0 Å². The molecule has 0 aliphatic heterocycles. The van der Waals surface area contributed by atoms with E-state index in [1.54, 1.807) is 0 Å². The van der Waals surface area contributed by atoms with Gasteiger partial charge >= 0.3 is 0 Å². The van der Waals surface area contributed by atoms with Crippen LogP contribution in [0, 0.1) is 0 Å². The van der Waals surface area contributed by atoms with E-state index in [2.05, 4.69) is 400 Å². The van der Waals surface area contributed by atoms with Crippen molar-refractivity contribution in [2.45, 2.75) is 0 Å². The molecule has 0 N–H and O–H groups in total. The van der Waals surface area contributed by atoms with Gasteiger partial charge in [0.1, 0.15) is 89.1 Å². The second-order valence-electron chi connectivity index (χ2n) is 35.9. The Labute approximate surface area is 796 Å². The monoisotopic (exact) mass is 1800 g/mol. The van der Waals surface area contributed by atoms with Crippen LogP contribution < -0.4 is 0 Å². The zero-order chi connectivity index (χ0) is 91.7. The summed E-state index contributed by atoms with van der Waals surface area (Å²) in [4.78, 5) is 0. The third-order valence-corrected chi connectivity index (χ3v) is 28.0. The Bertz CT molecular complexity index is 10600. The van der Waals surface area contributed by atoms with Gasteiger partial charge in [-0.3, -0.25) is 0 Å². The van der Waals surface area contributed by atoms with Crippen molar-refractivity contribution >= 4 is 220 Å². The van der Waals surface area contributed by atoms with Crippen molar-refractivity contribution < 1.29 is 35.3 Å².